The van der Waals surface area contributed by atoms with E-state index < -0.39 is 11.9 Å². The normalized spacial score (nSPS) is 24.2. The van der Waals surface area contributed by atoms with Crippen molar-refractivity contribution in [2.24, 2.45) is 0 Å². The Hall–Kier alpha value is -1.57. The molecule has 1 N–H and O–H groups in total. The maximum atomic E-state index is 12.9. The molecule has 1 aromatic heterocycles. The molecule has 0 amide bonds. The molecule has 1 aromatic rings. The van der Waals surface area contributed by atoms with Gasteiger partial charge in [0.15, 0.2) is 5.69 Å². The van der Waals surface area contributed by atoms with Crippen molar-refractivity contribution in [1.82, 2.24) is 14.9 Å². The van der Waals surface area contributed by atoms with E-state index in [2.05, 4.69) is 20.2 Å². The standard InChI is InChI=1S/C13H20F3N5/c1-8-6-21(7-9(2)20(8)4)11-5-10(13(14,15)16)18-12(17-3)19-11/h5,8-9H,6-7H2,1-4H3,(H,17,18,19). The summed E-state index contributed by atoms with van der Waals surface area (Å²) >= 11 is 0. The van der Waals surface area contributed by atoms with Crippen LogP contribution in [0.25, 0.3) is 0 Å². The number of alkyl halides is 3. The zero-order chi connectivity index (χ0) is 15.8. The molecular weight excluding hydrogens is 283 g/mol. The van der Waals surface area contributed by atoms with E-state index in [1.54, 1.807) is 0 Å². The minimum Gasteiger partial charge on any atom is -0.357 e. The third-order valence-electron chi connectivity index (χ3n) is 3.91. The zero-order valence-corrected chi connectivity index (χ0v) is 12.6. The van der Waals surface area contributed by atoms with Gasteiger partial charge in [-0.15, -0.1) is 0 Å². The van der Waals surface area contributed by atoms with Gasteiger partial charge in [-0.3, -0.25) is 4.90 Å². The van der Waals surface area contributed by atoms with Gasteiger partial charge >= 0.3 is 6.18 Å². The Balaban J connectivity index is 2.35. The topological polar surface area (TPSA) is 44.3 Å². The van der Waals surface area contributed by atoms with Crippen molar-refractivity contribution in [2.75, 3.05) is 37.4 Å². The van der Waals surface area contributed by atoms with Crippen LogP contribution in [-0.2, 0) is 6.18 Å². The molecule has 0 radical (unpaired) electrons. The number of rotatable bonds is 2. The first kappa shape index (κ1) is 15.8. The minimum absolute atomic E-state index is 0.0148. The van der Waals surface area contributed by atoms with Gasteiger partial charge in [0.25, 0.3) is 0 Å². The van der Waals surface area contributed by atoms with E-state index in [1.807, 2.05) is 25.8 Å². The molecule has 0 saturated carbocycles. The fourth-order valence-electron chi connectivity index (χ4n) is 2.44. The van der Waals surface area contributed by atoms with Crippen LogP contribution in [0, 0.1) is 0 Å². The van der Waals surface area contributed by atoms with Gasteiger partial charge in [0.05, 0.1) is 0 Å². The summed E-state index contributed by atoms with van der Waals surface area (Å²) in [5.74, 6) is 0.299. The summed E-state index contributed by atoms with van der Waals surface area (Å²) < 4.78 is 38.8. The second kappa shape index (κ2) is 5.67. The summed E-state index contributed by atoms with van der Waals surface area (Å²) in [7, 11) is 3.53. The predicted octanol–water partition coefficient (Wildman–Crippen LogP) is 2.07. The Morgan fingerprint density at radius 2 is 1.76 bits per heavy atom. The lowest BCUT2D eigenvalue weighted by atomic mass is 10.1. The van der Waals surface area contributed by atoms with E-state index in [0.29, 0.717) is 18.9 Å². The van der Waals surface area contributed by atoms with Gasteiger partial charge in [-0.05, 0) is 20.9 Å². The fraction of sp³-hybridized carbons (Fsp3) is 0.692. The molecule has 2 rings (SSSR count). The molecule has 1 fully saturated rings. The molecule has 8 heteroatoms. The van der Waals surface area contributed by atoms with E-state index in [0.717, 1.165) is 6.07 Å². The molecule has 2 heterocycles. The van der Waals surface area contributed by atoms with E-state index in [1.165, 1.54) is 7.05 Å². The zero-order valence-electron chi connectivity index (χ0n) is 12.6. The van der Waals surface area contributed by atoms with Crippen LogP contribution < -0.4 is 10.2 Å². The van der Waals surface area contributed by atoms with Gasteiger partial charge in [-0.2, -0.15) is 18.2 Å². The van der Waals surface area contributed by atoms with Gasteiger partial charge in [0.2, 0.25) is 5.95 Å². The Kier molecular flexibility index (Phi) is 4.27. The molecule has 0 bridgehead atoms. The number of aromatic nitrogens is 2. The largest absolute Gasteiger partial charge is 0.433 e. The number of hydrogen-bond acceptors (Lipinski definition) is 5. The molecule has 118 valence electrons. The summed E-state index contributed by atoms with van der Waals surface area (Å²) in [6, 6.07) is 1.51. The molecule has 5 nitrogen and oxygen atoms in total. The SMILES string of the molecule is CNc1nc(N2CC(C)N(C)C(C)C2)cc(C(F)(F)F)n1. The Morgan fingerprint density at radius 1 is 1.19 bits per heavy atom. The number of piperazine rings is 1. The smallest absolute Gasteiger partial charge is 0.357 e. The van der Waals surface area contributed by atoms with Gasteiger partial charge in [0, 0.05) is 38.3 Å². The number of nitrogens with one attached hydrogen (secondary N) is 1. The van der Waals surface area contributed by atoms with Crippen molar-refractivity contribution in [3.63, 3.8) is 0 Å². The van der Waals surface area contributed by atoms with Crippen LogP contribution in [0.3, 0.4) is 0 Å². The molecule has 0 aromatic carbocycles. The number of hydrogen-bond donors (Lipinski definition) is 1. The summed E-state index contributed by atoms with van der Waals surface area (Å²) in [5.41, 5.74) is -0.920. The summed E-state index contributed by atoms with van der Waals surface area (Å²) in [6.45, 7) is 5.37. The number of likely N-dealkylation sites (N-methyl/N-ethyl adjacent to an activating group) is 1. The lowest BCUT2D eigenvalue weighted by Gasteiger charge is -2.43. The van der Waals surface area contributed by atoms with Crippen molar-refractivity contribution in [3.05, 3.63) is 11.8 Å². The first-order valence-electron chi connectivity index (χ1n) is 6.83. The average molecular weight is 303 g/mol. The highest BCUT2D eigenvalue weighted by molar-refractivity contribution is 5.46. The van der Waals surface area contributed by atoms with Crippen LogP contribution in [0.2, 0.25) is 0 Å². The highest BCUT2D eigenvalue weighted by Crippen LogP contribution is 2.31. The fourth-order valence-corrected chi connectivity index (χ4v) is 2.44. The van der Waals surface area contributed by atoms with Crippen molar-refractivity contribution < 1.29 is 13.2 Å². The highest BCUT2D eigenvalue weighted by Gasteiger charge is 2.35. The van der Waals surface area contributed by atoms with Crippen LogP contribution in [0.5, 0.6) is 0 Å². The van der Waals surface area contributed by atoms with Crippen molar-refractivity contribution >= 4 is 11.8 Å². The lowest BCUT2D eigenvalue weighted by Crippen LogP contribution is -2.55. The maximum absolute atomic E-state index is 12.9. The first-order valence-corrected chi connectivity index (χ1v) is 6.83. The molecule has 1 saturated heterocycles. The van der Waals surface area contributed by atoms with Crippen LogP contribution in [0.15, 0.2) is 6.07 Å². The van der Waals surface area contributed by atoms with Crippen LogP contribution in [-0.4, -0.2) is 54.1 Å². The Morgan fingerprint density at radius 3 is 2.24 bits per heavy atom. The van der Waals surface area contributed by atoms with E-state index >= 15 is 0 Å². The molecular formula is C13H20F3N5. The van der Waals surface area contributed by atoms with E-state index in [4.69, 9.17) is 0 Å². The highest BCUT2D eigenvalue weighted by atomic mass is 19.4. The average Bonchev–Trinajstić information content (AvgIpc) is 2.42. The number of nitrogens with zero attached hydrogens (tertiary/aromatic N) is 4. The molecule has 2 atom stereocenters. The molecule has 21 heavy (non-hydrogen) atoms. The van der Waals surface area contributed by atoms with Gasteiger partial charge < -0.3 is 10.2 Å². The van der Waals surface area contributed by atoms with Crippen molar-refractivity contribution in [1.29, 1.82) is 0 Å². The van der Waals surface area contributed by atoms with Gasteiger partial charge in [-0.1, -0.05) is 0 Å². The second-order valence-electron chi connectivity index (χ2n) is 5.45. The summed E-state index contributed by atoms with van der Waals surface area (Å²) in [6.07, 6.45) is -4.48. The monoisotopic (exact) mass is 303 g/mol. The Labute approximate surface area is 122 Å². The third kappa shape index (κ3) is 3.37. The van der Waals surface area contributed by atoms with Crippen LogP contribution in [0.1, 0.15) is 19.5 Å². The summed E-state index contributed by atoms with van der Waals surface area (Å²) in [5, 5.41) is 2.59. The van der Waals surface area contributed by atoms with Crippen LogP contribution >= 0.6 is 0 Å². The Bertz CT molecular complexity index is 493. The van der Waals surface area contributed by atoms with Gasteiger partial charge in [-0.25, -0.2) is 4.98 Å². The lowest BCUT2D eigenvalue weighted by molar-refractivity contribution is -0.141. The quantitative estimate of drug-likeness (QED) is 0.906. The maximum Gasteiger partial charge on any atom is 0.433 e. The third-order valence-corrected chi connectivity index (χ3v) is 3.91. The molecule has 1 aliphatic rings. The summed E-state index contributed by atoms with van der Waals surface area (Å²) in [4.78, 5) is 11.7. The van der Waals surface area contributed by atoms with Crippen LogP contribution in [0.4, 0.5) is 24.9 Å². The first-order chi connectivity index (χ1) is 9.72. The second-order valence-corrected chi connectivity index (χ2v) is 5.45. The van der Waals surface area contributed by atoms with Gasteiger partial charge in [0.1, 0.15) is 5.82 Å². The predicted molar refractivity (Wildman–Crippen MR) is 75.5 cm³/mol. The molecule has 1 aliphatic heterocycles. The number of halogens is 3. The van der Waals surface area contributed by atoms with E-state index in [9.17, 15) is 13.2 Å². The number of anilines is 2. The molecule has 0 spiro atoms. The van der Waals surface area contributed by atoms with Crippen molar-refractivity contribution in [3.8, 4) is 0 Å². The minimum atomic E-state index is -4.48. The van der Waals surface area contributed by atoms with Crippen molar-refractivity contribution in [2.45, 2.75) is 32.1 Å². The molecule has 2 unspecified atom stereocenters. The molecule has 0 aliphatic carbocycles. The van der Waals surface area contributed by atoms with E-state index in [-0.39, 0.29) is 18.0 Å².